The zero-order valence-electron chi connectivity index (χ0n) is 14.4. The van der Waals surface area contributed by atoms with Gasteiger partial charge < -0.3 is 19.7 Å². The number of nitrogens with zero attached hydrogens (tertiary/aromatic N) is 1. The number of ether oxygens (including phenoxy) is 2. The lowest BCUT2D eigenvalue weighted by Gasteiger charge is -2.32. The summed E-state index contributed by atoms with van der Waals surface area (Å²) in [6.45, 7) is 6.01. The van der Waals surface area contributed by atoms with Crippen molar-refractivity contribution in [2.45, 2.75) is 26.1 Å². The van der Waals surface area contributed by atoms with Crippen LogP contribution in [0.15, 0.2) is 30.3 Å². The van der Waals surface area contributed by atoms with Gasteiger partial charge in [-0.1, -0.05) is 37.3 Å². The smallest absolute Gasteiger partial charge is 0.410 e. The van der Waals surface area contributed by atoms with E-state index in [9.17, 15) is 4.79 Å². The molecule has 1 N–H and O–H groups in total. The average Bonchev–Trinajstić information content (AvgIpc) is 2.64. The molecule has 0 spiro atoms. The summed E-state index contributed by atoms with van der Waals surface area (Å²) >= 11 is 1.96. The van der Waals surface area contributed by atoms with Crippen LogP contribution >= 0.6 is 11.8 Å². The molecule has 1 heterocycles. The highest BCUT2D eigenvalue weighted by molar-refractivity contribution is 7.99. The Bertz CT molecular complexity index is 473. The summed E-state index contributed by atoms with van der Waals surface area (Å²) in [5.41, 5.74) is 1.00. The zero-order valence-corrected chi connectivity index (χ0v) is 15.2. The van der Waals surface area contributed by atoms with E-state index in [-0.39, 0.29) is 12.2 Å². The average molecular weight is 353 g/mol. The quantitative estimate of drug-likeness (QED) is 0.693. The van der Waals surface area contributed by atoms with E-state index in [1.807, 2.05) is 42.1 Å². The van der Waals surface area contributed by atoms with Crippen molar-refractivity contribution < 1.29 is 14.3 Å². The number of thioether (sulfide) groups is 1. The van der Waals surface area contributed by atoms with Gasteiger partial charge in [0, 0.05) is 13.1 Å². The number of carbonyl (C=O) groups is 1. The van der Waals surface area contributed by atoms with E-state index in [2.05, 4.69) is 12.2 Å². The summed E-state index contributed by atoms with van der Waals surface area (Å²) in [4.78, 5) is 13.9. The van der Waals surface area contributed by atoms with Gasteiger partial charge in [-0.2, -0.15) is 11.8 Å². The molecule has 0 saturated carbocycles. The lowest BCUT2D eigenvalue weighted by molar-refractivity contribution is -0.0269. The van der Waals surface area contributed by atoms with Crippen molar-refractivity contribution in [1.82, 2.24) is 10.2 Å². The Morgan fingerprint density at radius 2 is 2.25 bits per heavy atom. The second kappa shape index (κ2) is 11.3. The predicted octanol–water partition coefficient (Wildman–Crippen LogP) is 2.76. The van der Waals surface area contributed by atoms with Crippen LogP contribution in [0, 0.1) is 0 Å². The normalized spacial score (nSPS) is 17.7. The van der Waals surface area contributed by atoms with Crippen molar-refractivity contribution in [3.8, 4) is 0 Å². The molecule has 6 heteroatoms. The molecule has 0 radical (unpaired) electrons. The van der Waals surface area contributed by atoms with Crippen molar-refractivity contribution in [2.75, 3.05) is 44.3 Å². The van der Waals surface area contributed by atoms with E-state index in [1.54, 1.807) is 4.90 Å². The molecule has 0 bridgehead atoms. The summed E-state index contributed by atoms with van der Waals surface area (Å²) in [5, 5.41) is 3.41. The number of nitrogens with one attached hydrogen (secondary N) is 1. The third-order valence-corrected chi connectivity index (χ3v) is 4.81. The maximum atomic E-state index is 12.2. The van der Waals surface area contributed by atoms with E-state index in [0.29, 0.717) is 26.3 Å². The fourth-order valence-electron chi connectivity index (χ4n) is 2.53. The van der Waals surface area contributed by atoms with Gasteiger partial charge in [0.05, 0.1) is 19.3 Å². The molecule has 1 aliphatic heterocycles. The summed E-state index contributed by atoms with van der Waals surface area (Å²) in [6.07, 6.45) is 0.946. The van der Waals surface area contributed by atoms with Crippen molar-refractivity contribution in [3.63, 3.8) is 0 Å². The molecule has 1 saturated heterocycles. The fourth-order valence-corrected chi connectivity index (χ4v) is 3.16. The topological polar surface area (TPSA) is 50.8 Å². The Kier molecular flexibility index (Phi) is 9.02. The minimum Gasteiger partial charge on any atom is -0.445 e. The highest BCUT2D eigenvalue weighted by atomic mass is 32.2. The van der Waals surface area contributed by atoms with Crippen LogP contribution in [0.5, 0.6) is 0 Å². The number of hydrogen-bond acceptors (Lipinski definition) is 5. The number of benzene rings is 1. The molecular formula is C18H28N2O3S. The second-order valence-corrected chi connectivity index (χ2v) is 7.13. The summed E-state index contributed by atoms with van der Waals surface area (Å²) in [5.74, 6) is 2.36. The largest absolute Gasteiger partial charge is 0.445 e. The van der Waals surface area contributed by atoms with Crippen LogP contribution in [0.4, 0.5) is 4.79 Å². The van der Waals surface area contributed by atoms with Crippen LogP contribution in [0.25, 0.3) is 0 Å². The minimum atomic E-state index is -0.258. The Morgan fingerprint density at radius 3 is 3.04 bits per heavy atom. The molecule has 1 amide bonds. The maximum absolute atomic E-state index is 12.2. The molecule has 1 aliphatic rings. The van der Waals surface area contributed by atoms with E-state index < -0.39 is 0 Å². The van der Waals surface area contributed by atoms with Gasteiger partial charge in [0.2, 0.25) is 0 Å². The summed E-state index contributed by atoms with van der Waals surface area (Å²) in [7, 11) is 0. The van der Waals surface area contributed by atoms with E-state index in [0.717, 1.165) is 25.1 Å². The van der Waals surface area contributed by atoms with Crippen LogP contribution in [-0.4, -0.2) is 61.4 Å². The van der Waals surface area contributed by atoms with Crippen molar-refractivity contribution in [2.24, 2.45) is 0 Å². The number of carbonyl (C=O) groups excluding carboxylic acids is 1. The van der Waals surface area contributed by atoms with E-state index >= 15 is 0 Å². The van der Waals surface area contributed by atoms with Gasteiger partial charge in [0.1, 0.15) is 6.61 Å². The molecule has 2 rings (SSSR count). The third kappa shape index (κ3) is 7.11. The minimum absolute atomic E-state index is 0.0434. The standard InChI is InChI=1S/C18H28N2O3S/c1-2-24-12-6-9-19-13-17-14-20(10-11-22-17)18(21)23-15-16-7-4-3-5-8-16/h3-5,7-8,17,19H,2,6,9-15H2,1H3. The fraction of sp³-hybridized carbons (Fsp3) is 0.611. The zero-order chi connectivity index (χ0) is 17.0. The van der Waals surface area contributed by atoms with Gasteiger partial charge in [0.15, 0.2) is 0 Å². The first-order chi connectivity index (χ1) is 11.8. The number of amides is 1. The molecule has 24 heavy (non-hydrogen) atoms. The molecular weight excluding hydrogens is 324 g/mol. The van der Waals surface area contributed by atoms with Gasteiger partial charge in [0.25, 0.3) is 0 Å². The lowest BCUT2D eigenvalue weighted by Crippen LogP contribution is -2.49. The monoisotopic (exact) mass is 352 g/mol. The molecule has 5 nitrogen and oxygen atoms in total. The van der Waals surface area contributed by atoms with Crippen molar-refractivity contribution in [1.29, 1.82) is 0 Å². The Labute approximate surface area is 149 Å². The maximum Gasteiger partial charge on any atom is 0.410 e. The molecule has 1 atom stereocenters. The Morgan fingerprint density at radius 1 is 1.42 bits per heavy atom. The Balaban J connectivity index is 1.63. The lowest BCUT2D eigenvalue weighted by atomic mass is 10.2. The predicted molar refractivity (Wildman–Crippen MR) is 98.4 cm³/mol. The van der Waals surface area contributed by atoms with E-state index in [4.69, 9.17) is 9.47 Å². The van der Waals surface area contributed by atoms with Gasteiger partial charge >= 0.3 is 6.09 Å². The van der Waals surface area contributed by atoms with Gasteiger partial charge in [-0.15, -0.1) is 0 Å². The molecule has 0 aliphatic carbocycles. The molecule has 0 aromatic heterocycles. The van der Waals surface area contributed by atoms with Crippen LogP contribution in [0.3, 0.4) is 0 Å². The second-order valence-electron chi connectivity index (χ2n) is 5.73. The van der Waals surface area contributed by atoms with Gasteiger partial charge in [-0.25, -0.2) is 4.79 Å². The van der Waals surface area contributed by atoms with E-state index in [1.165, 1.54) is 11.5 Å². The highest BCUT2D eigenvalue weighted by Crippen LogP contribution is 2.09. The van der Waals surface area contributed by atoms with Crippen molar-refractivity contribution in [3.05, 3.63) is 35.9 Å². The highest BCUT2D eigenvalue weighted by Gasteiger charge is 2.24. The first-order valence-corrected chi connectivity index (χ1v) is 9.80. The van der Waals surface area contributed by atoms with Crippen molar-refractivity contribution >= 4 is 17.9 Å². The number of morpholine rings is 1. The molecule has 1 unspecified atom stereocenters. The SMILES string of the molecule is CCSCCCNCC1CN(C(=O)OCc2ccccc2)CCO1. The summed E-state index contributed by atoms with van der Waals surface area (Å²) in [6, 6.07) is 9.75. The van der Waals surface area contributed by atoms with Gasteiger partial charge in [-0.05, 0) is 30.0 Å². The Hall–Kier alpha value is -1.24. The van der Waals surface area contributed by atoms with Crippen LogP contribution in [0.2, 0.25) is 0 Å². The molecule has 1 aromatic rings. The van der Waals surface area contributed by atoms with Crippen LogP contribution < -0.4 is 5.32 Å². The number of rotatable bonds is 9. The summed E-state index contributed by atoms with van der Waals surface area (Å²) < 4.78 is 11.1. The molecule has 134 valence electrons. The van der Waals surface area contributed by atoms with Crippen LogP contribution in [-0.2, 0) is 16.1 Å². The first-order valence-electron chi connectivity index (χ1n) is 8.65. The third-order valence-electron chi connectivity index (χ3n) is 3.82. The first kappa shape index (κ1) is 19.1. The molecule has 1 fully saturated rings. The molecule has 1 aromatic carbocycles. The number of hydrogen-bond donors (Lipinski definition) is 1. The van der Waals surface area contributed by atoms with Crippen LogP contribution in [0.1, 0.15) is 18.9 Å². The van der Waals surface area contributed by atoms with Gasteiger partial charge in [-0.3, -0.25) is 0 Å².